The third kappa shape index (κ3) is 3.41. The van der Waals surface area contributed by atoms with Crippen LogP contribution in [0.15, 0.2) is 71.9 Å². The minimum absolute atomic E-state index is 0.0787. The fraction of sp³-hybridized carbons (Fsp3) is 0.130. The zero-order valence-corrected chi connectivity index (χ0v) is 17.1. The van der Waals surface area contributed by atoms with Gasteiger partial charge in [-0.1, -0.05) is 71.9 Å². The van der Waals surface area contributed by atoms with Gasteiger partial charge in [-0.25, -0.2) is 4.98 Å². The third-order valence-electron chi connectivity index (χ3n) is 5.15. The Bertz CT molecular complexity index is 1210. The van der Waals surface area contributed by atoms with Crippen LogP contribution in [0.3, 0.4) is 0 Å². The Hall–Kier alpha value is -2.76. The topological polar surface area (TPSA) is 46.9 Å². The van der Waals surface area contributed by atoms with E-state index < -0.39 is 0 Å². The summed E-state index contributed by atoms with van der Waals surface area (Å²) in [7, 11) is 0. The van der Waals surface area contributed by atoms with Gasteiger partial charge in [-0.15, -0.1) is 0 Å². The molecule has 0 radical (unpaired) electrons. The Morgan fingerprint density at radius 1 is 1.07 bits per heavy atom. The lowest BCUT2D eigenvalue weighted by molar-refractivity contribution is 0.0951. The van der Waals surface area contributed by atoms with Gasteiger partial charge in [-0.05, 0) is 29.0 Å². The minimum atomic E-state index is -0.0787. The van der Waals surface area contributed by atoms with Gasteiger partial charge in [0.25, 0.3) is 5.91 Å². The Morgan fingerprint density at radius 2 is 1.86 bits per heavy atom. The molecule has 0 unspecified atom stereocenters. The molecule has 1 N–H and O–H groups in total. The lowest BCUT2D eigenvalue weighted by Gasteiger charge is -2.11. The number of thioether (sulfide) groups is 1. The van der Waals surface area contributed by atoms with Gasteiger partial charge in [-0.2, -0.15) is 0 Å². The van der Waals surface area contributed by atoms with Gasteiger partial charge < -0.3 is 9.88 Å². The molecule has 1 amide bonds. The van der Waals surface area contributed by atoms with Crippen molar-refractivity contribution in [3.63, 3.8) is 0 Å². The van der Waals surface area contributed by atoms with Gasteiger partial charge >= 0.3 is 0 Å². The van der Waals surface area contributed by atoms with E-state index in [-0.39, 0.29) is 5.91 Å². The smallest absolute Gasteiger partial charge is 0.252 e. The maximum Gasteiger partial charge on any atom is 0.252 e. The zero-order valence-electron chi connectivity index (χ0n) is 15.6. The summed E-state index contributed by atoms with van der Waals surface area (Å²) < 4.78 is 2.21. The third-order valence-corrected chi connectivity index (χ3v) is 6.36. The summed E-state index contributed by atoms with van der Waals surface area (Å²) in [6, 6.07) is 21.4. The summed E-state index contributed by atoms with van der Waals surface area (Å²) >= 11 is 7.79. The number of carbonyl (C=O) groups is 1. The predicted molar refractivity (Wildman–Crippen MR) is 119 cm³/mol. The van der Waals surface area contributed by atoms with E-state index in [1.54, 1.807) is 11.8 Å². The van der Waals surface area contributed by atoms with Crippen molar-refractivity contribution in [1.82, 2.24) is 14.9 Å². The Balaban J connectivity index is 1.46. The molecule has 0 atom stereocenters. The lowest BCUT2D eigenvalue weighted by atomic mass is 10.0. The maximum atomic E-state index is 13.0. The molecular formula is C23H18ClN3OS. The summed E-state index contributed by atoms with van der Waals surface area (Å²) in [5.74, 6) is 0.929. The van der Waals surface area contributed by atoms with Gasteiger partial charge in [0, 0.05) is 28.4 Å². The first-order valence-corrected chi connectivity index (χ1v) is 10.8. The highest BCUT2D eigenvalue weighted by Crippen LogP contribution is 2.33. The number of imidazole rings is 1. The number of hydrogen-bond donors (Lipinski definition) is 1. The first-order chi connectivity index (χ1) is 14.2. The molecule has 6 heteroatoms. The molecule has 0 fully saturated rings. The number of nitrogens with zero attached hydrogens (tertiary/aromatic N) is 2. The van der Waals surface area contributed by atoms with Crippen LogP contribution in [0.4, 0.5) is 0 Å². The molecular weight excluding hydrogens is 402 g/mol. The van der Waals surface area contributed by atoms with E-state index in [1.807, 2.05) is 66.7 Å². The number of hydrogen-bond acceptors (Lipinski definition) is 3. The average molecular weight is 420 g/mol. The van der Waals surface area contributed by atoms with E-state index in [1.165, 1.54) is 0 Å². The van der Waals surface area contributed by atoms with Crippen LogP contribution in [0.2, 0.25) is 5.02 Å². The van der Waals surface area contributed by atoms with Crippen LogP contribution in [0.1, 0.15) is 16.1 Å². The number of fused-ring (bicyclic) bond motifs is 2. The van der Waals surface area contributed by atoms with Crippen molar-refractivity contribution >= 4 is 40.0 Å². The molecule has 2 heterocycles. The lowest BCUT2D eigenvalue weighted by Crippen LogP contribution is -2.24. The molecule has 29 heavy (non-hydrogen) atoms. The van der Waals surface area contributed by atoms with Crippen LogP contribution < -0.4 is 5.32 Å². The van der Waals surface area contributed by atoms with E-state index in [0.29, 0.717) is 17.1 Å². The van der Waals surface area contributed by atoms with E-state index in [2.05, 4.69) is 9.88 Å². The number of carbonyl (C=O) groups excluding carboxylic acids is 1. The molecule has 144 valence electrons. The van der Waals surface area contributed by atoms with Crippen molar-refractivity contribution < 1.29 is 4.79 Å². The second-order valence-corrected chi connectivity index (χ2v) is 8.40. The first kappa shape index (κ1) is 18.3. The number of amides is 1. The van der Waals surface area contributed by atoms with E-state index in [9.17, 15) is 4.79 Å². The summed E-state index contributed by atoms with van der Waals surface area (Å²) in [6.45, 7) is 1.33. The molecule has 0 bridgehead atoms. The van der Waals surface area contributed by atoms with Crippen LogP contribution in [0, 0.1) is 0 Å². The largest absolute Gasteiger partial charge is 0.346 e. The van der Waals surface area contributed by atoms with Crippen LogP contribution in [0.5, 0.6) is 0 Å². The summed E-state index contributed by atoms with van der Waals surface area (Å²) in [6.07, 6.45) is 0. The molecule has 1 aromatic heterocycles. The second kappa shape index (κ2) is 7.58. The SMILES string of the molecule is O=C(NCc1c(-c2ccc(Cl)cc2)nc2n1CCS2)c1cccc2ccccc12. The summed E-state index contributed by atoms with van der Waals surface area (Å²) in [4.78, 5) is 17.8. The van der Waals surface area contributed by atoms with Crippen molar-refractivity contribution in [3.05, 3.63) is 83.0 Å². The van der Waals surface area contributed by atoms with Gasteiger partial charge in [0.05, 0.1) is 17.9 Å². The predicted octanol–water partition coefficient (Wildman–Crippen LogP) is 5.39. The zero-order chi connectivity index (χ0) is 19.8. The minimum Gasteiger partial charge on any atom is -0.346 e. The number of halogens is 1. The second-order valence-electron chi connectivity index (χ2n) is 6.91. The molecule has 0 saturated heterocycles. The molecule has 5 rings (SSSR count). The van der Waals surface area contributed by atoms with Crippen molar-refractivity contribution in [2.45, 2.75) is 18.2 Å². The van der Waals surface area contributed by atoms with Crippen LogP contribution >= 0.6 is 23.4 Å². The molecule has 1 aliphatic rings. The molecule has 1 aliphatic heterocycles. The molecule has 3 aromatic carbocycles. The van der Waals surface area contributed by atoms with Crippen molar-refractivity contribution in [1.29, 1.82) is 0 Å². The highest BCUT2D eigenvalue weighted by Gasteiger charge is 2.23. The van der Waals surface area contributed by atoms with Gasteiger partial charge in [-0.3, -0.25) is 4.79 Å². The molecule has 0 spiro atoms. The van der Waals surface area contributed by atoms with Crippen molar-refractivity contribution in [2.75, 3.05) is 5.75 Å². The Morgan fingerprint density at radius 3 is 2.72 bits per heavy atom. The monoisotopic (exact) mass is 419 g/mol. The highest BCUT2D eigenvalue weighted by atomic mass is 35.5. The van der Waals surface area contributed by atoms with Gasteiger partial charge in [0.1, 0.15) is 0 Å². The summed E-state index contributed by atoms with van der Waals surface area (Å²) in [5, 5.41) is 6.83. The molecule has 4 nitrogen and oxygen atoms in total. The highest BCUT2D eigenvalue weighted by molar-refractivity contribution is 7.99. The van der Waals surface area contributed by atoms with E-state index >= 15 is 0 Å². The van der Waals surface area contributed by atoms with Crippen LogP contribution in [0.25, 0.3) is 22.0 Å². The van der Waals surface area contributed by atoms with Crippen LogP contribution in [-0.2, 0) is 13.1 Å². The number of benzene rings is 3. The van der Waals surface area contributed by atoms with E-state index in [0.717, 1.165) is 45.2 Å². The molecule has 4 aromatic rings. The normalized spacial score (nSPS) is 12.9. The number of rotatable bonds is 4. The van der Waals surface area contributed by atoms with Crippen molar-refractivity contribution in [2.24, 2.45) is 0 Å². The Kier molecular flexibility index (Phi) is 4.78. The van der Waals surface area contributed by atoms with Crippen LogP contribution in [-0.4, -0.2) is 21.2 Å². The standard InChI is InChI=1S/C23H18ClN3OS/c24-17-10-8-16(9-11-17)21-20(27-12-13-29-23(27)26-21)14-25-22(28)19-7-3-5-15-4-1-2-6-18(15)19/h1-11H,12-14H2,(H,25,28). The van der Waals surface area contributed by atoms with Crippen molar-refractivity contribution in [3.8, 4) is 11.3 Å². The van der Waals surface area contributed by atoms with Gasteiger partial charge in [0.2, 0.25) is 0 Å². The fourth-order valence-corrected chi connectivity index (χ4v) is 4.83. The average Bonchev–Trinajstić information content (AvgIpc) is 3.34. The summed E-state index contributed by atoms with van der Waals surface area (Å²) in [5.41, 5.74) is 3.63. The molecule has 0 saturated carbocycles. The molecule has 0 aliphatic carbocycles. The Labute approximate surface area is 177 Å². The fourth-order valence-electron chi connectivity index (χ4n) is 3.73. The quantitative estimate of drug-likeness (QED) is 0.482. The first-order valence-electron chi connectivity index (χ1n) is 9.45. The number of aromatic nitrogens is 2. The maximum absolute atomic E-state index is 13.0. The number of nitrogens with one attached hydrogen (secondary N) is 1. The van der Waals surface area contributed by atoms with E-state index in [4.69, 9.17) is 16.6 Å². The van der Waals surface area contributed by atoms with Gasteiger partial charge in [0.15, 0.2) is 5.16 Å².